The second kappa shape index (κ2) is 9.03. The van der Waals surface area contributed by atoms with Gasteiger partial charge in [0.25, 0.3) is 5.91 Å². The molecule has 1 aliphatic heterocycles. The van der Waals surface area contributed by atoms with Gasteiger partial charge in [0.1, 0.15) is 11.3 Å². The summed E-state index contributed by atoms with van der Waals surface area (Å²) >= 11 is 5.13. The lowest BCUT2D eigenvalue weighted by molar-refractivity contribution is -0.127. The van der Waals surface area contributed by atoms with Crippen molar-refractivity contribution in [2.24, 2.45) is 0 Å². The van der Waals surface area contributed by atoms with E-state index in [1.54, 1.807) is 25.1 Å². The number of aryl methyl sites for hydroxylation is 1. The molecule has 8 nitrogen and oxygen atoms in total. The van der Waals surface area contributed by atoms with Crippen LogP contribution in [0.5, 0.6) is 5.75 Å². The molecule has 9 heteroatoms. The zero-order valence-corrected chi connectivity index (χ0v) is 16.6. The predicted octanol–water partition coefficient (Wildman–Crippen LogP) is 1.54. The Bertz CT molecular complexity index is 923. The van der Waals surface area contributed by atoms with Crippen molar-refractivity contribution in [1.82, 2.24) is 16.2 Å². The van der Waals surface area contributed by atoms with Crippen LogP contribution >= 0.6 is 12.2 Å². The van der Waals surface area contributed by atoms with Crippen LogP contribution in [0.2, 0.25) is 0 Å². The molecule has 3 rings (SSSR count). The fraction of sp³-hybridized carbons (Fsp3) is 0.421. The topological polar surface area (TPSA) is 102 Å². The van der Waals surface area contributed by atoms with Gasteiger partial charge in [0.2, 0.25) is 0 Å². The van der Waals surface area contributed by atoms with E-state index in [0.717, 1.165) is 30.4 Å². The van der Waals surface area contributed by atoms with Crippen LogP contribution in [0.1, 0.15) is 25.3 Å². The lowest BCUT2D eigenvalue weighted by Crippen LogP contribution is -2.51. The molecule has 2 aromatic rings. The van der Waals surface area contributed by atoms with Crippen LogP contribution in [-0.2, 0) is 9.53 Å². The summed E-state index contributed by atoms with van der Waals surface area (Å²) in [5.41, 5.74) is 5.94. The fourth-order valence-electron chi connectivity index (χ4n) is 2.91. The van der Waals surface area contributed by atoms with Gasteiger partial charge in [-0.2, -0.15) is 0 Å². The van der Waals surface area contributed by atoms with Crippen molar-refractivity contribution < 1.29 is 18.7 Å². The third-order valence-corrected chi connectivity index (χ3v) is 4.66. The smallest absolute Gasteiger partial charge is 0.336 e. The fourth-order valence-corrected chi connectivity index (χ4v) is 3.05. The molecule has 2 heterocycles. The largest absolute Gasteiger partial charge is 0.481 e. The van der Waals surface area contributed by atoms with Crippen molar-refractivity contribution in [1.29, 1.82) is 0 Å². The van der Waals surface area contributed by atoms with Crippen molar-refractivity contribution in [3.8, 4) is 5.75 Å². The number of hydrogen-bond donors (Lipinski definition) is 3. The highest BCUT2D eigenvalue weighted by Crippen LogP contribution is 2.22. The molecule has 0 spiro atoms. The first-order valence-electron chi connectivity index (χ1n) is 9.09. The molecule has 0 radical (unpaired) electrons. The predicted molar refractivity (Wildman–Crippen MR) is 108 cm³/mol. The van der Waals surface area contributed by atoms with E-state index in [9.17, 15) is 9.59 Å². The van der Waals surface area contributed by atoms with Gasteiger partial charge >= 0.3 is 5.63 Å². The number of ether oxygens (including phenoxy) is 2. The number of thiocarbonyl (C=S) groups is 1. The Balaban J connectivity index is 1.50. The van der Waals surface area contributed by atoms with Gasteiger partial charge in [-0.15, -0.1) is 0 Å². The van der Waals surface area contributed by atoms with Gasteiger partial charge in [0, 0.05) is 30.7 Å². The summed E-state index contributed by atoms with van der Waals surface area (Å²) in [6.45, 7) is 4.80. The lowest BCUT2D eigenvalue weighted by atomic mass is 10.1. The number of hydrazine groups is 1. The zero-order chi connectivity index (χ0) is 20.1. The second-order valence-electron chi connectivity index (χ2n) is 6.63. The molecule has 1 saturated heterocycles. The molecule has 28 heavy (non-hydrogen) atoms. The number of carbonyl (C=O) groups is 1. The summed E-state index contributed by atoms with van der Waals surface area (Å²) in [5, 5.41) is 4.12. The molecule has 1 aromatic carbocycles. The molecule has 0 aliphatic carbocycles. The zero-order valence-electron chi connectivity index (χ0n) is 15.7. The van der Waals surface area contributed by atoms with Gasteiger partial charge in [0.15, 0.2) is 11.2 Å². The minimum Gasteiger partial charge on any atom is -0.481 e. The Morgan fingerprint density at radius 2 is 2.18 bits per heavy atom. The van der Waals surface area contributed by atoms with Crippen LogP contribution in [0.4, 0.5) is 0 Å². The van der Waals surface area contributed by atoms with E-state index in [1.807, 2.05) is 6.92 Å². The number of fused-ring (bicyclic) bond motifs is 1. The maximum atomic E-state index is 12.2. The Kier molecular flexibility index (Phi) is 6.48. The first kappa shape index (κ1) is 20.1. The van der Waals surface area contributed by atoms with Crippen molar-refractivity contribution in [2.75, 3.05) is 13.2 Å². The number of amides is 1. The average molecular weight is 405 g/mol. The maximum Gasteiger partial charge on any atom is 0.336 e. The number of nitrogens with one attached hydrogen (secondary N) is 3. The Labute approximate surface area is 167 Å². The number of hydrogen-bond acceptors (Lipinski definition) is 6. The molecular weight excluding hydrogens is 382 g/mol. The highest BCUT2D eigenvalue weighted by Gasteiger charge is 2.17. The first-order chi connectivity index (χ1) is 13.4. The van der Waals surface area contributed by atoms with Gasteiger partial charge in [0.05, 0.1) is 6.10 Å². The summed E-state index contributed by atoms with van der Waals surface area (Å²) in [6.07, 6.45) is 1.41. The minimum absolute atomic E-state index is 0.147. The van der Waals surface area contributed by atoms with Crippen LogP contribution in [0.3, 0.4) is 0 Å². The number of rotatable bonds is 5. The Morgan fingerprint density at radius 3 is 2.93 bits per heavy atom. The molecule has 1 amide bonds. The molecule has 1 aromatic heterocycles. The molecule has 1 fully saturated rings. The minimum atomic E-state index is -0.789. The summed E-state index contributed by atoms with van der Waals surface area (Å²) in [6, 6.07) is 6.53. The second-order valence-corrected chi connectivity index (χ2v) is 7.03. The number of carbonyl (C=O) groups excluding carboxylic acids is 1. The van der Waals surface area contributed by atoms with Gasteiger partial charge in [-0.05, 0) is 56.6 Å². The average Bonchev–Trinajstić information content (AvgIpc) is 3.17. The highest BCUT2D eigenvalue weighted by molar-refractivity contribution is 7.80. The molecule has 1 aliphatic rings. The van der Waals surface area contributed by atoms with Crippen LogP contribution < -0.4 is 26.5 Å². The summed E-state index contributed by atoms with van der Waals surface area (Å²) < 4.78 is 16.3. The molecule has 3 N–H and O–H groups in total. The van der Waals surface area contributed by atoms with Gasteiger partial charge in [-0.1, -0.05) is 0 Å². The van der Waals surface area contributed by atoms with Crippen molar-refractivity contribution in [3.05, 3.63) is 40.2 Å². The Morgan fingerprint density at radius 1 is 1.36 bits per heavy atom. The van der Waals surface area contributed by atoms with E-state index in [4.69, 9.17) is 26.1 Å². The van der Waals surface area contributed by atoms with Crippen molar-refractivity contribution in [2.45, 2.75) is 38.9 Å². The van der Waals surface area contributed by atoms with E-state index in [2.05, 4.69) is 16.2 Å². The molecule has 0 bridgehead atoms. The normalized spacial score (nSPS) is 17.1. The quantitative estimate of drug-likeness (QED) is 0.391. The molecule has 2 atom stereocenters. The highest BCUT2D eigenvalue weighted by atomic mass is 32.1. The van der Waals surface area contributed by atoms with Gasteiger partial charge in [-0.25, -0.2) is 4.79 Å². The maximum absolute atomic E-state index is 12.2. The lowest BCUT2D eigenvalue weighted by Gasteiger charge is -2.17. The van der Waals surface area contributed by atoms with Gasteiger partial charge < -0.3 is 19.2 Å². The molecular formula is C19H23N3O5S. The van der Waals surface area contributed by atoms with E-state index < -0.39 is 17.6 Å². The van der Waals surface area contributed by atoms with Crippen LogP contribution in [-0.4, -0.2) is 36.4 Å². The van der Waals surface area contributed by atoms with Crippen LogP contribution in [0.15, 0.2) is 33.5 Å². The summed E-state index contributed by atoms with van der Waals surface area (Å²) in [5.74, 6) is 0.0232. The summed E-state index contributed by atoms with van der Waals surface area (Å²) in [4.78, 5) is 23.7. The van der Waals surface area contributed by atoms with Crippen LogP contribution in [0, 0.1) is 6.92 Å². The third kappa shape index (κ3) is 5.20. The standard InChI is InChI=1S/C19H23N3O5S/c1-11-8-17(23)27-16-9-13(5-6-15(11)16)26-12(2)18(24)21-22-19(28)20-10-14-4-3-7-25-14/h5-6,8-9,12,14H,3-4,7,10H2,1-2H3,(H,21,24)(H2,20,22,28)/t12-,14+/m0/s1. The summed E-state index contributed by atoms with van der Waals surface area (Å²) in [7, 11) is 0. The first-order valence-corrected chi connectivity index (χ1v) is 9.49. The SMILES string of the molecule is Cc1cc(=O)oc2cc(O[C@@H](C)C(=O)NNC(=S)NC[C@H]3CCCO3)ccc12. The number of benzene rings is 1. The molecule has 0 unspecified atom stereocenters. The van der Waals surface area contributed by atoms with Crippen molar-refractivity contribution >= 4 is 34.2 Å². The van der Waals surface area contributed by atoms with E-state index in [0.29, 0.717) is 23.0 Å². The van der Waals surface area contributed by atoms with Crippen molar-refractivity contribution in [3.63, 3.8) is 0 Å². The Hall–Kier alpha value is -2.65. The monoisotopic (exact) mass is 405 g/mol. The van der Waals surface area contributed by atoms with Crippen LogP contribution in [0.25, 0.3) is 11.0 Å². The van der Waals surface area contributed by atoms with E-state index in [-0.39, 0.29) is 6.10 Å². The van der Waals surface area contributed by atoms with E-state index >= 15 is 0 Å². The third-order valence-electron chi connectivity index (χ3n) is 4.42. The van der Waals surface area contributed by atoms with E-state index in [1.165, 1.54) is 6.07 Å². The van der Waals surface area contributed by atoms with Gasteiger partial charge in [-0.3, -0.25) is 15.6 Å². The molecule has 150 valence electrons. The molecule has 0 saturated carbocycles.